The summed E-state index contributed by atoms with van der Waals surface area (Å²) in [7, 11) is 0. The monoisotopic (exact) mass is 281 g/mol. The Kier molecular flexibility index (Phi) is 3.33. The van der Waals surface area contributed by atoms with Crippen molar-refractivity contribution in [2.24, 2.45) is 0 Å². The molecule has 1 amide bonds. The Morgan fingerprint density at radius 2 is 2.05 bits per heavy atom. The van der Waals surface area contributed by atoms with Crippen LogP contribution in [0.15, 0.2) is 35.9 Å². The molecule has 2 nitrogen and oxygen atoms in total. The second-order valence-corrected chi connectivity index (χ2v) is 6.69. The van der Waals surface area contributed by atoms with E-state index in [-0.39, 0.29) is 0 Å². The fraction of sp³-hybridized carbons (Fsp3) is 0.526. The first kappa shape index (κ1) is 13.1. The molecule has 0 saturated carbocycles. The van der Waals surface area contributed by atoms with Crippen LogP contribution in [0.3, 0.4) is 0 Å². The normalized spacial score (nSPS) is 27.8. The average molecular weight is 281 g/mol. The Labute approximate surface area is 126 Å². The number of piperidine rings is 1. The molecule has 2 atom stereocenters. The van der Waals surface area contributed by atoms with Crippen LogP contribution in [-0.2, 0) is 11.2 Å². The summed E-state index contributed by atoms with van der Waals surface area (Å²) in [6, 6.07) is 9.20. The lowest BCUT2D eigenvalue weighted by atomic mass is 9.87. The van der Waals surface area contributed by atoms with E-state index in [9.17, 15) is 4.79 Å². The average Bonchev–Trinajstić information content (AvgIpc) is 2.94. The molecular weight excluding hydrogens is 258 g/mol. The third-order valence-electron chi connectivity index (χ3n) is 5.49. The Morgan fingerprint density at radius 1 is 1.14 bits per heavy atom. The van der Waals surface area contributed by atoms with Crippen LogP contribution in [0, 0.1) is 0 Å². The van der Waals surface area contributed by atoms with Crippen molar-refractivity contribution >= 4 is 5.91 Å². The molecule has 0 radical (unpaired) electrons. The summed E-state index contributed by atoms with van der Waals surface area (Å²) in [5.74, 6) is 0.903. The fourth-order valence-electron chi connectivity index (χ4n) is 4.45. The number of carbonyl (C=O) groups is 1. The molecule has 0 unspecified atom stereocenters. The molecule has 2 heteroatoms. The Balaban J connectivity index is 1.60. The summed E-state index contributed by atoms with van der Waals surface area (Å²) in [5.41, 5.74) is 4.04. The Hall–Kier alpha value is -1.57. The lowest BCUT2D eigenvalue weighted by Gasteiger charge is -2.39. The van der Waals surface area contributed by atoms with Gasteiger partial charge in [0.1, 0.15) is 0 Å². The molecule has 110 valence electrons. The highest BCUT2D eigenvalue weighted by atomic mass is 16.2. The summed E-state index contributed by atoms with van der Waals surface area (Å²) < 4.78 is 0. The van der Waals surface area contributed by atoms with E-state index in [1.807, 2.05) is 0 Å². The van der Waals surface area contributed by atoms with Gasteiger partial charge in [0.05, 0.1) is 0 Å². The molecule has 4 rings (SSSR count). The molecule has 1 aromatic carbocycles. The summed E-state index contributed by atoms with van der Waals surface area (Å²) in [5, 5.41) is 0. The van der Waals surface area contributed by atoms with Crippen LogP contribution in [0.25, 0.3) is 0 Å². The number of carbonyl (C=O) groups excluding carboxylic acids is 1. The molecule has 1 saturated heterocycles. The minimum atomic E-state index is 0.331. The van der Waals surface area contributed by atoms with Crippen molar-refractivity contribution in [1.82, 2.24) is 4.90 Å². The van der Waals surface area contributed by atoms with E-state index in [1.54, 1.807) is 0 Å². The van der Waals surface area contributed by atoms with Crippen LogP contribution in [0.2, 0.25) is 0 Å². The number of hydrogen-bond acceptors (Lipinski definition) is 1. The van der Waals surface area contributed by atoms with E-state index in [2.05, 4.69) is 35.2 Å². The second kappa shape index (κ2) is 5.32. The quantitative estimate of drug-likeness (QED) is 0.766. The first-order chi connectivity index (χ1) is 10.3. The molecule has 0 bridgehead atoms. The highest BCUT2D eigenvalue weighted by molar-refractivity contribution is 5.94. The van der Waals surface area contributed by atoms with Gasteiger partial charge in [0.2, 0.25) is 5.91 Å². The molecule has 1 heterocycles. The molecule has 1 aliphatic heterocycles. The zero-order valence-electron chi connectivity index (χ0n) is 12.6. The van der Waals surface area contributed by atoms with Gasteiger partial charge in [-0.3, -0.25) is 4.79 Å². The summed E-state index contributed by atoms with van der Waals surface area (Å²) in [6.07, 6.45) is 10.1. The third-order valence-corrected chi connectivity index (χ3v) is 5.49. The van der Waals surface area contributed by atoms with Gasteiger partial charge in [-0.1, -0.05) is 30.3 Å². The zero-order valence-corrected chi connectivity index (χ0v) is 12.6. The van der Waals surface area contributed by atoms with Gasteiger partial charge in [-0.15, -0.1) is 0 Å². The molecule has 1 fully saturated rings. The first-order valence-electron chi connectivity index (χ1n) is 8.42. The standard InChI is InChI=1S/C19H23NO/c21-19(14-7-2-1-3-8-14)20-12-6-11-17-16-10-5-4-9-15(16)13-18(17)20/h4-5,7,9-10,17-18H,1-3,6,8,11-13H2/t17-,18+/m1/s1. The van der Waals surface area contributed by atoms with E-state index < -0.39 is 0 Å². The SMILES string of the molecule is O=C(C1=CCCCC1)N1CCC[C@@H]2c3ccccc3C[C@@H]21. The van der Waals surface area contributed by atoms with Gasteiger partial charge in [0, 0.05) is 24.1 Å². The highest BCUT2D eigenvalue weighted by Gasteiger charge is 2.40. The predicted molar refractivity (Wildman–Crippen MR) is 84.2 cm³/mol. The van der Waals surface area contributed by atoms with Crippen LogP contribution >= 0.6 is 0 Å². The number of likely N-dealkylation sites (tertiary alicyclic amines) is 1. The largest absolute Gasteiger partial charge is 0.335 e. The van der Waals surface area contributed by atoms with Gasteiger partial charge in [-0.2, -0.15) is 0 Å². The summed E-state index contributed by atoms with van der Waals surface area (Å²) in [6.45, 7) is 0.950. The van der Waals surface area contributed by atoms with Crippen molar-refractivity contribution in [3.05, 3.63) is 47.0 Å². The summed E-state index contributed by atoms with van der Waals surface area (Å²) in [4.78, 5) is 15.1. The molecular formula is C19H23NO. The molecule has 0 aromatic heterocycles. The third kappa shape index (κ3) is 2.21. The lowest BCUT2D eigenvalue weighted by molar-refractivity contribution is -0.131. The van der Waals surface area contributed by atoms with Crippen molar-refractivity contribution in [3.8, 4) is 0 Å². The number of nitrogens with zero attached hydrogens (tertiary/aromatic N) is 1. The number of benzene rings is 1. The van der Waals surface area contributed by atoms with Gasteiger partial charge < -0.3 is 4.90 Å². The van der Waals surface area contributed by atoms with Crippen LogP contribution < -0.4 is 0 Å². The van der Waals surface area contributed by atoms with Crippen LogP contribution in [0.5, 0.6) is 0 Å². The smallest absolute Gasteiger partial charge is 0.249 e. The Bertz CT molecular complexity index is 589. The van der Waals surface area contributed by atoms with Gasteiger partial charge >= 0.3 is 0 Å². The van der Waals surface area contributed by atoms with Crippen molar-refractivity contribution in [3.63, 3.8) is 0 Å². The first-order valence-corrected chi connectivity index (χ1v) is 8.42. The zero-order chi connectivity index (χ0) is 14.2. The van der Waals surface area contributed by atoms with Crippen LogP contribution in [0.4, 0.5) is 0 Å². The van der Waals surface area contributed by atoms with E-state index in [4.69, 9.17) is 0 Å². The van der Waals surface area contributed by atoms with Gasteiger partial charge in [-0.25, -0.2) is 0 Å². The van der Waals surface area contributed by atoms with E-state index >= 15 is 0 Å². The maximum atomic E-state index is 12.9. The molecule has 3 aliphatic rings. The number of rotatable bonds is 1. The van der Waals surface area contributed by atoms with Crippen molar-refractivity contribution < 1.29 is 4.79 Å². The van der Waals surface area contributed by atoms with E-state index in [1.165, 1.54) is 30.4 Å². The number of hydrogen-bond donors (Lipinski definition) is 0. The molecule has 2 aliphatic carbocycles. The fourth-order valence-corrected chi connectivity index (χ4v) is 4.45. The second-order valence-electron chi connectivity index (χ2n) is 6.69. The predicted octanol–water partition coefficient (Wildman–Crippen LogP) is 3.82. The number of amides is 1. The molecule has 21 heavy (non-hydrogen) atoms. The topological polar surface area (TPSA) is 20.3 Å². The maximum absolute atomic E-state index is 12.9. The van der Waals surface area contributed by atoms with Gasteiger partial charge in [-0.05, 0) is 56.1 Å². The highest BCUT2D eigenvalue weighted by Crippen LogP contribution is 2.42. The van der Waals surface area contributed by atoms with Crippen LogP contribution in [-0.4, -0.2) is 23.4 Å². The maximum Gasteiger partial charge on any atom is 0.249 e. The van der Waals surface area contributed by atoms with Gasteiger partial charge in [0.15, 0.2) is 0 Å². The van der Waals surface area contributed by atoms with Crippen LogP contribution in [0.1, 0.15) is 55.6 Å². The van der Waals surface area contributed by atoms with E-state index in [0.717, 1.165) is 37.8 Å². The lowest BCUT2D eigenvalue weighted by Crippen LogP contribution is -2.47. The number of fused-ring (bicyclic) bond motifs is 3. The minimum absolute atomic E-state index is 0.331. The Morgan fingerprint density at radius 3 is 2.90 bits per heavy atom. The molecule has 0 spiro atoms. The minimum Gasteiger partial charge on any atom is -0.335 e. The van der Waals surface area contributed by atoms with Crippen molar-refractivity contribution in [2.45, 2.75) is 56.9 Å². The van der Waals surface area contributed by atoms with Crippen molar-refractivity contribution in [2.75, 3.05) is 6.54 Å². The van der Waals surface area contributed by atoms with Crippen molar-refractivity contribution in [1.29, 1.82) is 0 Å². The number of allylic oxidation sites excluding steroid dienone is 1. The summed E-state index contributed by atoms with van der Waals surface area (Å²) >= 11 is 0. The van der Waals surface area contributed by atoms with Gasteiger partial charge in [0.25, 0.3) is 0 Å². The van der Waals surface area contributed by atoms with E-state index in [0.29, 0.717) is 17.9 Å². The molecule has 1 aromatic rings. The molecule has 0 N–H and O–H groups in total.